The first-order valence-electron chi connectivity index (χ1n) is 11.0. The lowest BCUT2D eigenvalue weighted by atomic mass is 10.0. The summed E-state index contributed by atoms with van der Waals surface area (Å²) in [5, 5.41) is 0. The van der Waals surface area contributed by atoms with Crippen LogP contribution >= 0.6 is 0 Å². The van der Waals surface area contributed by atoms with Crippen molar-refractivity contribution in [2.45, 2.75) is 39.7 Å². The van der Waals surface area contributed by atoms with Crippen LogP contribution in [0, 0.1) is 32.6 Å². The number of rotatable bonds is 5. The van der Waals surface area contributed by atoms with Crippen LogP contribution in [-0.4, -0.2) is 54.9 Å². The summed E-state index contributed by atoms with van der Waals surface area (Å²) in [5.41, 5.74) is 3.56. The maximum Gasteiger partial charge on any atom is 0.273 e. The van der Waals surface area contributed by atoms with Crippen LogP contribution < -0.4 is 4.74 Å². The molecule has 8 heteroatoms. The molecule has 2 fully saturated rings. The van der Waals surface area contributed by atoms with Crippen LogP contribution in [0.15, 0.2) is 36.8 Å². The number of aryl methyl sites for hydroxylation is 3. The number of carbonyl (C=O) groups is 1. The lowest BCUT2D eigenvalue weighted by Gasteiger charge is -2.35. The highest BCUT2D eigenvalue weighted by Gasteiger charge is 2.47. The van der Waals surface area contributed by atoms with E-state index in [1.807, 2.05) is 37.8 Å². The summed E-state index contributed by atoms with van der Waals surface area (Å²) in [4.78, 5) is 37.8. The zero-order valence-electron chi connectivity index (χ0n) is 18.5. The molecule has 3 atom stereocenters. The molecule has 3 aromatic rings. The van der Waals surface area contributed by atoms with Gasteiger partial charge >= 0.3 is 0 Å². The van der Waals surface area contributed by atoms with E-state index >= 15 is 0 Å². The Balaban J connectivity index is 1.41. The molecule has 2 aliphatic rings. The number of likely N-dealkylation sites (tertiary alicyclic amines) is 1. The van der Waals surface area contributed by atoms with E-state index < -0.39 is 0 Å². The molecule has 0 aromatic carbocycles. The van der Waals surface area contributed by atoms with Gasteiger partial charge in [0.25, 0.3) is 5.91 Å². The SMILES string of the molecule is Cc1ccc(-c2ncccn2)c(C(=O)N2C[C@@H]3C[C@@H]3C[C@H]2COc2cnc(C)c(C)n2)n1. The molecular weight excluding hydrogens is 404 g/mol. The molecule has 1 saturated carbocycles. The van der Waals surface area contributed by atoms with E-state index in [1.54, 1.807) is 24.7 Å². The van der Waals surface area contributed by atoms with E-state index in [0.717, 1.165) is 30.0 Å². The molecule has 164 valence electrons. The third-order valence-corrected chi connectivity index (χ3v) is 6.41. The molecule has 0 N–H and O–H groups in total. The minimum Gasteiger partial charge on any atom is -0.474 e. The number of aromatic nitrogens is 5. The molecule has 0 unspecified atom stereocenters. The number of hydrogen-bond acceptors (Lipinski definition) is 7. The van der Waals surface area contributed by atoms with E-state index in [2.05, 4.69) is 24.9 Å². The Morgan fingerprint density at radius 1 is 1.03 bits per heavy atom. The van der Waals surface area contributed by atoms with Crippen LogP contribution in [0.4, 0.5) is 0 Å². The van der Waals surface area contributed by atoms with Crippen molar-refractivity contribution < 1.29 is 9.53 Å². The largest absolute Gasteiger partial charge is 0.474 e. The van der Waals surface area contributed by atoms with Gasteiger partial charge in [0, 0.05) is 24.6 Å². The van der Waals surface area contributed by atoms with Crippen molar-refractivity contribution >= 4 is 5.91 Å². The third kappa shape index (κ3) is 4.04. The first-order chi connectivity index (χ1) is 15.5. The Hall–Kier alpha value is -3.42. The molecule has 1 amide bonds. The molecule has 5 rings (SSSR count). The zero-order valence-corrected chi connectivity index (χ0v) is 18.5. The topological polar surface area (TPSA) is 94.0 Å². The quantitative estimate of drug-likeness (QED) is 0.614. The molecule has 1 aliphatic heterocycles. The van der Waals surface area contributed by atoms with Crippen molar-refractivity contribution in [2.24, 2.45) is 11.8 Å². The number of nitrogens with zero attached hydrogens (tertiary/aromatic N) is 6. The molecule has 0 radical (unpaired) electrons. The summed E-state index contributed by atoms with van der Waals surface area (Å²) in [7, 11) is 0. The van der Waals surface area contributed by atoms with Crippen molar-refractivity contribution in [3.63, 3.8) is 0 Å². The number of hydrogen-bond donors (Lipinski definition) is 0. The molecule has 4 heterocycles. The molecule has 8 nitrogen and oxygen atoms in total. The van der Waals surface area contributed by atoms with Crippen LogP contribution in [0.5, 0.6) is 5.88 Å². The molecule has 0 spiro atoms. The van der Waals surface area contributed by atoms with Crippen molar-refractivity contribution in [3.8, 4) is 17.3 Å². The van der Waals surface area contributed by atoms with Crippen molar-refractivity contribution in [3.05, 3.63) is 59.6 Å². The van der Waals surface area contributed by atoms with Gasteiger partial charge in [0.05, 0.1) is 29.2 Å². The lowest BCUT2D eigenvalue weighted by Crippen LogP contribution is -2.48. The van der Waals surface area contributed by atoms with Gasteiger partial charge in [0.1, 0.15) is 12.3 Å². The average molecular weight is 431 g/mol. The molecular formula is C24H26N6O2. The zero-order chi connectivity index (χ0) is 22.2. The van der Waals surface area contributed by atoms with Crippen LogP contribution in [-0.2, 0) is 0 Å². The van der Waals surface area contributed by atoms with Gasteiger partial charge in [-0.3, -0.25) is 9.78 Å². The smallest absolute Gasteiger partial charge is 0.273 e. The Kier molecular flexibility index (Phi) is 5.28. The first kappa shape index (κ1) is 20.5. The second kappa shape index (κ2) is 8.26. The van der Waals surface area contributed by atoms with Crippen molar-refractivity contribution in [1.82, 2.24) is 29.8 Å². The van der Waals surface area contributed by atoms with Crippen LogP contribution in [0.3, 0.4) is 0 Å². The minimum atomic E-state index is -0.0960. The summed E-state index contributed by atoms with van der Waals surface area (Å²) < 4.78 is 5.99. The van der Waals surface area contributed by atoms with Gasteiger partial charge in [-0.25, -0.2) is 19.9 Å². The minimum absolute atomic E-state index is 0.0403. The van der Waals surface area contributed by atoms with Gasteiger partial charge in [-0.15, -0.1) is 0 Å². The van der Waals surface area contributed by atoms with Crippen molar-refractivity contribution in [2.75, 3.05) is 13.2 Å². The fraction of sp³-hybridized carbons (Fsp3) is 0.417. The summed E-state index contributed by atoms with van der Waals surface area (Å²) >= 11 is 0. The summed E-state index contributed by atoms with van der Waals surface area (Å²) in [6.45, 7) is 6.83. The number of ether oxygens (including phenoxy) is 1. The Labute approximate surface area is 187 Å². The van der Waals surface area contributed by atoms with E-state index in [4.69, 9.17) is 4.74 Å². The number of pyridine rings is 1. The van der Waals surface area contributed by atoms with Gasteiger partial charge in [0.2, 0.25) is 5.88 Å². The van der Waals surface area contributed by atoms with Gasteiger partial charge in [-0.05, 0) is 63.6 Å². The van der Waals surface area contributed by atoms with Crippen LogP contribution in [0.1, 0.15) is 40.4 Å². The van der Waals surface area contributed by atoms with E-state index in [1.165, 1.54) is 6.42 Å². The number of fused-ring (bicyclic) bond motifs is 1. The number of amides is 1. The predicted molar refractivity (Wildman–Crippen MR) is 118 cm³/mol. The fourth-order valence-electron chi connectivity index (χ4n) is 4.35. The first-order valence-corrected chi connectivity index (χ1v) is 11.0. The molecule has 3 aromatic heterocycles. The third-order valence-electron chi connectivity index (χ3n) is 6.41. The van der Waals surface area contributed by atoms with Gasteiger partial charge < -0.3 is 9.64 Å². The van der Waals surface area contributed by atoms with E-state index in [0.29, 0.717) is 41.4 Å². The summed E-state index contributed by atoms with van der Waals surface area (Å²) in [6, 6.07) is 5.48. The van der Waals surface area contributed by atoms with Crippen LogP contribution in [0.25, 0.3) is 11.4 Å². The van der Waals surface area contributed by atoms with E-state index in [-0.39, 0.29) is 11.9 Å². The number of piperidine rings is 1. The molecule has 32 heavy (non-hydrogen) atoms. The second-order valence-electron chi connectivity index (χ2n) is 8.71. The Morgan fingerprint density at radius 2 is 1.84 bits per heavy atom. The van der Waals surface area contributed by atoms with Gasteiger partial charge in [-0.1, -0.05) is 0 Å². The Bertz CT molecular complexity index is 1150. The molecule has 1 saturated heterocycles. The number of carbonyl (C=O) groups excluding carboxylic acids is 1. The maximum absolute atomic E-state index is 13.8. The average Bonchev–Trinajstić information content (AvgIpc) is 3.57. The summed E-state index contributed by atoms with van der Waals surface area (Å²) in [6.07, 6.45) is 7.09. The monoisotopic (exact) mass is 430 g/mol. The van der Waals surface area contributed by atoms with Crippen molar-refractivity contribution in [1.29, 1.82) is 0 Å². The highest BCUT2D eigenvalue weighted by Crippen LogP contribution is 2.47. The molecule has 0 bridgehead atoms. The summed E-state index contributed by atoms with van der Waals surface area (Å²) in [5.74, 6) is 2.13. The normalized spacial score (nSPS) is 21.7. The van der Waals surface area contributed by atoms with E-state index in [9.17, 15) is 4.79 Å². The fourth-order valence-corrected chi connectivity index (χ4v) is 4.35. The predicted octanol–water partition coefficient (Wildman–Crippen LogP) is 3.18. The molecule has 1 aliphatic carbocycles. The maximum atomic E-state index is 13.8. The van der Waals surface area contributed by atoms with Gasteiger partial charge in [0.15, 0.2) is 5.82 Å². The second-order valence-corrected chi connectivity index (χ2v) is 8.71. The highest BCUT2D eigenvalue weighted by molar-refractivity contribution is 5.98. The highest BCUT2D eigenvalue weighted by atomic mass is 16.5. The lowest BCUT2D eigenvalue weighted by molar-refractivity contribution is 0.0502. The Morgan fingerprint density at radius 3 is 2.62 bits per heavy atom. The van der Waals surface area contributed by atoms with Crippen LogP contribution in [0.2, 0.25) is 0 Å². The standard InChI is InChI=1S/C24H26N6O2/c1-14-5-6-20(23-25-7-4-8-26-23)22(28-14)24(31)30-12-18-9-17(18)10-19(30)13-32-21-11-27-15(2)16(3)29-21/h4-8,11,17-19H,9-10,12-13H2,1-3H3/t17-,18+,19+/m1/s1. The van der Waals surface area contributed by atoms with Gasteiger partial charge in [-0.2, -0.15) is 0 Å².